The number of hydrogen-bond acceptors (Lipinski definition) is 4. The number of aromatic nitrogens is 1. The topological polar surface area (TPSA) is 65.4 Å². The Hall–Kier alpha value is -1.39. The fourth-order valence-corrected chi connectivity index (χ4v) is 1.50. The second-order valence-corrected chi connectivity index (χ2v) is 3.28. The number of nitrogens with one attached hydrogen (secondary N) is 1. The summed E-state index contributed by atoms with van der Waals surface area (Å²) in [7, 11) is 1.77. The molecule has 1 aromatic rings. The highest BCUT2D eigenvalue weighted by Crippen LogP contribution is 2.21. The van der Waals surface area contributed by atoms with E-state index in [1.54, 1.807) is 26.4 Å². The quantitative estimate of drug-likeness (QED) is 0.650. The third-order valence-electron chi connectivity index (χ3n) is 2.29. The van der Waals surface area contributed by atoms with Gasteiger partial charge in [0.1, 0.15) is 0 Å². The number of aliphatic hydroxyl groups is 2. The van der Waals surface area contributed by atoms with Crippen molar-refractivity contribution in [3.8, 4) is 0 Å². The average molecular weight is 208 g/mol. The summed E-state index contributed by atoms with van der Waals surface area (Å²) in [6.07, 6.45) is 3.39. The smallest absolute Gasteiger partial charge is 0.0925 e. The van der Waals surface area contributed by atoms with Crippen molar-refractivity contribution >= 4 is 0 Å². The van der Waals surface area contributed by atoms with Crippen LogP contribution in [0.15, 0.2) is 35.9 Å². The Morgan fingerprint density at radius 1 is 1.60 bits per heavy atom. The molecule has 1 atom stereocenters. The normalized spacial score (nSPS) is 14.6. The lowest BCUT2D eigenvalue weighted by molar-refractivity contribution is 0.300. The number of aliphatic hydroxyl groups excluding tert-OH is 2. The second kappa shape index (κ2) is 5.48. The summed E-state index contributed by atoms with van der Waals surface area (Å²) < 4.78 is 0. The van der Waals surface area contributed by atoms with Gasteiger partial charge in [0, 0.05) is 18.0 Å². The van der Waals surface area contributed by atoms with Gasteiger partial charge in [-0.1, -0.05) is 6.07 Å². The number of rotatable bonds is 4. The van der Waals surface area contributed by atoms with Crippen LogP contribution in [0, 0.1) is 0 Å². The zero-order chi connectivity index (χ0) is 11.3. The standard InChI is InChI=1S/C11H16N2O2/c1-8(15)10(7-14)11(12-2)9-4-3-5-13-6-9/h3-6,11-12,14-15H,7H2,1-2H3/b10-8-. The highest BCUT2D eigenvalue weighted by molar-refractivity contribution is 5.27. The molecule has 3 N–H and O–H groups in total. The SMILES string of the molecule is CNC(/C(CO)=C(/C)O)c1cccnc1. The fourth-order valence-electron chi connectivity index (χ4n) is 1.50. The van der Waals surface area contributed by atoms with Gasteiger partial charge in [-0.25, -0.2) is 0 Å². The molecular weight excluding hydrogens is 192 g/mol. The van der Waals surface area contributed by atoms with Crippen LogP contribution in [-0.4, -0.2) is 28.9 Å². The number of pyridine rings is 1. The van der Waals surface area contributed by atoms with E-state index in [0.29, 0.717) is 5.57 Å². The van der Waals surface area contributed by atoms with Crippen molar-refractivity contribution in [2.24, 2.45) is 0 Å². The Bertz CT molecular complexity index is 332. The lowest BCUT2D eigenvalue weighted by atomic mass is 10.00. The molecule has 1 rings (SSSR count). The predicted molar refractivity (Wildman–Crippen MR) is 58.5 cm³/mol. The van der Waals surface area contributed by atoms with Crippen molar-refractivity contribution in [2.75, 3.05) is 13.7 Å². The molecule has 0 aliphatic carbocycles. The van der Waals surface area contributed by atoms with Gasteiger partial charge in [-0.2, -0.15) is 0 Å². The summed E-state index contributed by atoms with van der Waals surface area (Å²) in [5.41, 5.74) is 1.47. The first-order chi connectivity index (χ1) is 7.20. The van der Waals surface area contributed by atoms with Gasteiger partial charge in [0.2, 0.25) is 0 Å². The Morgan fingerprint density at radius 2 is 2.33 bits per heavy atom. The maximum Gasteiger partial charge on any atom is 0.0925 e. The zero-order valence-corrected chi connectivity index (χ0v) is 8.94. The molecule has 0 saturated carbocycles. The largest absolute Gasteiger partial charge is 0.513 e. The van der Waals surface area contributed by atoms with Gasteiger partial charge in [-0.3, -0.25) is 4.98 Å². The van der Waals surface area contributed by atoms with E-state index in [9.17, 15) is 10.2 Å². The minimum atomic E-state index is -0.200. The minimum Gasteiger partial charge on any atom is -0.513 e. The molecule has 0 saturated heterocycles. The Kier molecular flexibility index (Phi) is 4.27. The first kappa shape index (κ1) is 11.7. The van der Waals surface area contributed by atoms with Crippen LogP contribution in [-0.2, 0) is 0 Å². The van der Waals surface area contributed by atoms with Crippen molar-refractivity contribution in [1.29, 1.82) is 0 Å². The zero-order valence-electron chi connectivity index (χ0n) is 8.94. The van der Waals surface area contributed by atoms with Crippen molar-refractivity contribution in [3.63, 3.8) is 0 Å². The molecule has 0 aromatic carbocycles. The van der Waals surface area contributed by atoms with Crippen LogP contribution in [0.5, 0.6) is 0 Å². The maximum absolute atomic E-state index is 9.43. The number of hydrogen-bond donors (Lipinski definition) is 3. The first-order valence-electron chi connectivity index (χ1n) is 4.77. The van der Waals surface area contributed by atoms with Gasteiger partial charge in [0.25, 0.3) is 0 Å². The van der Waals surface area contributed by atoms with Gasteiger partial charge < -0.3 is 15.5 Å². The number of likely N-dealkylation sites (N-methyl/N-ethyl adjacent to an activating group) is 1. The molecule has 4 nitrogen and oxygen atoms in total. The third-order valence-corrected chi connectivity index (χ3v) is 2.29. The van der Waals surface area contributed by atoms with E-state index in [2.05, 4.69) is 10.3 Å². The van der Waals surface area contributed by atoms with Crippen LogP contribution < -0.4 is 5.32 Å². The summed E-state index contributed by atoms with van der Waals surface area (Å²) in [5, 5.41) is 21.6. The number of nitrogens with zero attached hydrogens (tertiary/aromatic N) is 1. The Balaban J connectivity index is 3.04. The summed E-state index contributed by atoms with van der Waals surface area (Å²) in [6.45, 7) is 1.38. The van der Waals surface area contributed by atoms with E-state index in [1.807, 2.05) is 12.1 Å². The van der Waals surface area contributed by atoms with E-state index in [-0.39, 0.29) is 18.4 Å². The van der Waals surface area contributed by atoms with Crippen molar-refractivity contribution in [1.82, 2.24) is 10.3 Å². The van der Waals surface area contributed by atoms with Crippen LogP contribution >= 0.6 is 0 Å². The van der Waals surface area contributed by atoms with Crippen molar-refractivity contribution < 1.29 is 10.2 Å². The van der Waals surface area contributed by atoms with Crippen molar-refractivity contribution in [3.05, 3.63) is 41.4 Å². The molecule has 15 heavy (non-hydrogen) atoms. The Morgan fingerprint density at radius 3 is 2.73 bits per heavy atom. The lowest BCUT2D eigenvalue weighted by Gasteiger charge is -2.19. The molecule has 1 heterocycles. The van der Waals surface area contributed by atoms with Crippen LogP contribution in [0.3, 0.4) is 0 Å². The van der Waals surface area contributed by atoms with Crippen LogP contribution in [0.2, 0.25) is 0 Å². The molecule has 0 aliphatic rings. The van der Waals surface area contributed by atoms with Gasteiger partial charge in [-0.15, -0.1) is 0 Å². The van der Waals surface area contributed by atoms with Gasteiger partial charge >= 0.3 is 0 Å². The summed E-state index contributed by atoms with van der Waals surface area (Å²) >= 11 is 0. The molecule has 0 spiro atoms. The highest BCUT2D eigenvalue weighted by Gasteiger charge is 2.16. The highest BCUT2D eigenvalue weighted by atomic mass is 16.3. The van der Waals surface area contributed by atoms with Gasteiger partial charge in [-0.05, 0) is 25.6 Å². The summed E-state index contributed by atoms with van der Waals surface area (Å²) in [4.78, 5) is 4.00. The van der Waals surface area contributed by atoms with Crippen LogP contribution in [0.1, 0.15) is 18.5 Å². The van der Waals surface area contributed by atoms with E-state index in [0.717, 1.165) is 5.56 Å². The van der Waals surface area contributed by atoms with E-state index in [1.165, 1.54) is 0 Å². The van der Waals surface area contributed by atoms with Crippen molar-refractivity contribution in [2.45, 2.75) is 13.0 Å². The molecule has 0 fully saturated rings. The van der Waals surface area contributed by atoms with E-state index < -0.39 is 0 Å². The molecule has 0 aliphatic heterocycles. The van der Waals surface area contributed by atoms with E-state index >= 15 is 0 Å². The molecule has 4 heteroatoms. The second-order valence-electron chi connectivity index (χ2n) is 3.28. The monoisotopic (exact) mass is 208 g/mol. The minimum absolute atomic E-state index is 0.140. The Labute approximate surface area is 89.3 Å². The van der Waals surface area contributed by atoms with Gasteiger partial charge in [0.05, 0.1) is 18.4 Å². The number of allylic oxidation sites excluding steroid dienone is 1. The van der Waals surface area contributed by atoms with E-state index in [4.69, 9.17) is 0 Å². The first-order valence-corrected chi connectivity index (χ1v) is 4.77. The lowest BCUT2D eigenvalue weighted by Crippen LogP contribution is -2.21. The van der Waals surface area contributed by atoms with Crippen LogP contribution in [0.4, 0.5) is 0 Å². The molecular formula is C11H16N2O2. The molecule has 1 aromatic heterocycles. The molecule has 0 radical (unpaired) electrons. The maximum atomic E-state index is 9.43. The molecule has 1 unspecified atom stereocenters. The van der Waals surface area contributed by atoms with Gasteiger partial charge in [0.15, 0.2) is 0 Å². The average Bonchev–Trinajstić information content (AvgIpc) is 2.26. The molecule has 82 valence electrons. The fraction of sp³-hybridized carbons (Fsp3) is 0.364. The molecule has 0 amide bonds. The predicted octanol–water partition coefficient (Wildman–Crippen LogP) is 1.17. The third kappa shape index (κ3) is 2.78. The summed E-state index contributed by atoms with van der Waals surface area (Å²) in [6, 6.07) is 3.52. The molecule has 0 bridgehead atoms. The van der Waals surface area contributed by atoms with Crippen LogP contribution in [0.25, 0.3) is 0 Å². The summed E-state index contributed by atoms with van der Waals surface area (Å²) in [5.74, 6) is 0.140.